The van der Waals surface area contributed by atoms with E-state index in [2.05, 4.69) is 59.2 Å². The Labute approximate surface area is 189 Å². The first kappa shape index (κ1) is 20.8. The van der Waals surface area contributed by atoms with E-state index in [0.717, 1.165) is 48.9 Å². The van der Waals surface area contributed by atoms with Crippen molar-refractivity contribution >= 4 is 23.1 Å². The van der Waals surface area contributed by atoms with Gasteiger partial charge in [0.05, 0.1) is 36.1 Å². The van der Waals surface area contributed by atoms with Crippen LogP contribution in [-0.4, -0.2) is 58.6 Å². The molecular weight excluding hydrogens is 400 g/mol. The van der Waals surface area contributed by atoms with Crippen molar-refractivity contribution in [3.8, 4) is 0 Å². The summed E-state index contributed by atoms with van der Waals surface area (Å²) in [7, 11) is 4.06. The fourth-order valence-corrected chi connectivity index (χ4v) is 4.57. The van der Waals surface area contributed by atoms with E-state index in [4.69, 9.17) is 4.98 Å². The molecule has 0 unspecified atom stereocenters. The number of benzene rings is 1. The zero-order chi connectivity index (χ0) is 21.9. The van der Waals surface area contributed by atoms with Crippen LogP contribution in [0.2, 0.25) is 0 Å². The highest BCUT2D eigenvalue weighted by atomic mass is 15.3. The summed E-state index contributed by atoms with van der Waals surface area (Å²) < 4.78 is 0. The number of nitrogens with zero attached hydrogens (tertiary/aromatic N) is 6. The summed E-state index contributed by atoms with van der Waals surface area (Å²) in [5, 5.41) is 3.39. The summed E-state index contributed by atoms with van der Waals surface area (Å²) in [5.41, 5.74) is 5.69. The van der Waals surface area contributed by atoms with Crippen LogP contribution in [0.15, 0.2) is 36.8 Å². The fraction of sp³-hybridized carbons (Fsp3) is 0.458. The Balaban J connectivity index is 1.31. The SMILES string of the molecule is CN(C)c1cnc(Nc2ccc(CN3CCCCC3)cc2)nc1N1CCc2nc[nH]c2C1. The van der Waals surface area contributed by atoms with Crippen molar-refractivity contribution in [2.75, 3.05) is 48.8 Å². The number of H-pyrrole nitrogens is 1. The van der Waals surface area contributed by atoms with Gasteiger partial charge in [-0.2, -0.15) is 4.98 Å². The van der Waals surface area contributed by atoms with Crippen molar-refractivity contribution in [1.82, 2.24) is 24.8 Å². The first-order valence-electron chi connectivity index (χ1n) is 11.5. The third-order valence-corrected chi connectivity index (χ3v) is 6.37. The van der Waals surface area contributed by atoms with Gasteiger partial charge in [0, 0.05) is 39.3 Å². The van der Waals surface area contributed by atoms with Gasteiger partial charge in [-0.05, 0) is 43.6 Å². The first-order chi connectivity index (χ1) is 15.7. The minimum atomic E-state index is 0.616. The molecule has 0 spiro atoms. The van der Waals surface area contributed by atoms with Crippen LogP contribution >= 0.6 is 0 Å². The maximum absolute atomic E-state index is 4.91. The van der Waals surface area contributed by atoms with Gasteiger partial charge in [0.1, 0.15) is 0 Å². The molecule has 1 saturated heterocycles. The van der Waals surface area contributed by atoms with Crippen LogP contribution in [0.25, 0.3) is 0 Å². The number of nitrogens with one attached hydrogen (secondary N) is 2. The average Bonchev–Trinajstić information content (AvgIpc) is 3.29. The Hall–Kier alpha value is -3.13. The van der Waals surface area contributed by atoms with Gasteiger partial charge < -0.3 is 20.1 Å². The smallest absolute Gasteiger partial charge is 0.229 e. The molecule has 0 bridgehead atoms. The van der Waals surface area contributed by atoms with Gasteiger partial charge in [-0.1, -0.05) is 18.6 Å². The summed E-state index contributed by atoms with van der Waals surface area (Å²) >= 11 is 0. The van der Waals surface area contributed by atoms with Crippen molar-refractivity contribution in [2.45, 2.75) is 38.8 Å². The van der Waals surface area contributed by atoms with Gasteiger partial charge >= 0.3 is 0 Å². The van der Waals surface area contributed by atoms with Crippen LogP contribution in [0, 0.1) is 0 Å². The molecule has 168 valence electrons. The Morgan fingerprint density at radius 3 is 2.62 bits per heavy atom. The number of anilines is 4. The summed E-state index contributed by atoms with van der Waals surface area (Å²) in [6.07, 6.45) is 8.61. The standard InChI is InChI=1S/C24H32N8/c1-30(2)22-14-25-24(29-23(22)32-13-10-20-21(16-32)27-17-26-20)28-19-8-6-18(7-9-19)15-31-11-4-3-5-12-31/h6-9,14,17H,3-5,10-13,15-16H2,1-2H3,(H,26,27)(H,25,28,29). The maximum Gasteiger partial charge on any atom is 0.229 e. The predicted octanol–water partition coefficient (Wildman–Crippen LogP) is 3.56. The van der Waals surface area contributed by atoms with E-state index >= 15 is 0 Å². The number of fused-ring (bicyclic) bond motifs is 1. The first-order valence-corrected chi connectivity index (χ1v) is 11.5. The second-order valence-corrected chi connectivity index (χ2v) is 8.95. The van der Waals surface area contributed by atoms with Gasteiger partial charge in [-0.15, -0.1) is 0 Å². The number of hydrogen-bond acceptors (Lipinski definition) is 7. The maximum atomic E-state index is 4.91. The molecule has 1 aromatic carbocycles. The summed E-state index contributed by atoms with van der Waals surface area (Å²) in [4.78, 5) is 24.1. The van der Waals surface area contributed by atoms with Crippen molar-refractivity contribution < 1.29 is 0 Å². The van der Waals surface area contributed by atoms with E-state index in [1.807, 2.05) is 20.3 Å². The monoisotopic (exact) mass is 432 g/mol. The van der Waals surface area contributed by atoms with Crippen LogP contribution < -0.4 is 15.1 Å². The minimum absolute atomic E-state index is 0.616. The molecule has 0 atom stereocenters. The highest BCUT2D eigenvalue weighted by Gasteiger charge is 2.23. The van der Waals surface area contributed by atoms with Crippen LogP contribution in [0.1, 0.15) is 36.2 Å². The second-order valence-electron chi connectivity index (χ2n) is 8.95. The van der Waals surface area contributed by atoms with Gasteiger partial charge in [0.2, 0.25) is 5.95 Å². The van der Waals surface area contributed by atoms with Crippen LogP contribution in [0.4, 0.5) is 23.1 Å². The van der Waals surface area contributed by atoms with E-state index in [0.29, 0.717) is 5.95 Å². The zero-order valence-corrected chi connectivity index (χ0v) is 19.0. The average molecular weight is 433 g/mol. The van der Waals surface area contributed by atoms with Crippen molar-refractivity contribution in [1.29, 1.82) is 0 Å². The number of piperidine rings is 1. The predicted molar refractivity (Wildman–Crippen MR) is 129 cm³/mol. The highest BCUT2D eigenvalue weighted by Crippen LogP contribution is 2.30. The highest BCUT2D eigenvalue weighted by molar-refractivity contribution is 5.68. The molecule has 2 N–H and O–H groups in total. The normalized spacial score (nSPS) is 16.6. The third-order valence-electron chi connectivity index (χ3n) is 6.37. The molecule has 4 heterocycles. The molecule has 2 aliphatic rings. The number of likely N-dealkylation sites (tertiary alicyclic amines) is 1. The molecule has 0 radical (unpaired) electrons. The molecule has 2 aliphatic heterocycles. The van der Waals surface area contributed by atoms with Crippen LogP contribution in [0.5, 0.6) is 0 Å². The number of imidazole rings is 1. The summed E-state index contributed by atoms with van der Waals surface area (Å²) in [6, 6.07) is 8.66. The van der Waals surface area contributed by atoms with Gasteiger partial charge in [-0.3, -0.25) is 4.90 Å². The minimum Gasteiger partial charge on any atom is -0.373 e. The Bertz CT molecular complexity index is 1040. The quantitative estimate of drug-likeness (QED) is 0.617. The van der Waals surface area contributed by atoms with E-state index in [-0.39, 0.29) is 0 Å². The molecule has 0 aliphatic carbocycles. The molecule has 0 amide bonds. The fourth-order valence-electron chi connectivity index (χ4n) is 4.57. The van der Waals surface area contributed by atoms with Gasteiger partial charge in [-0.25, -0.2) is 9.97 Å². The molecule has 5 rings (SSSR count). The van der Waals surface area contributed by atoms with E-state index in [9.17, 15) is 0 Å². The van der Waals surface area contributed by atoms with E-state index in [1.165, 1.54) is 43.6 Å². The molecule has 8 nitrogen and oxygen atoms in total. The lowest BCUT2D eigenvalue weighted by Crippen LogP contribution is -2.32. The second kappa shape index (κ2) is 9.16. The summed E-state index contributed by atoms with van der Waals surface area (Å²) in [6.45, 7) is 5.12. The van der Waals surface area contributed by atoms with E-state index < -0.39 is 0 Å². The largest absolute Gasteiger partial charge is 0.373 e. The molecule has 32 heavy (non-hydrogen) atoms. The molecule has 3 aromatic rings. The molecular formula is C24H32N8. The molecule has 1 fully saturated rings. The Kier molecular flexibility index (Phi) is 5.94. The zero-order valence-electron chi connectivity index (χ0n) is 19.0. The summed E-state index contributed by atoms with van der Waals surface area (Å²) in [5.74, 6) is 1.55. The number of rotatable bonds is 6. The third kappa shape index (κ3) is 4.55. The van der Waals surface area contributed by atoms with Crippen LogP contribution in [-0.2, 0) is 19.5 Å². The molecule has 0 saturated carbocycles. The van der Waals surface area contributed by atoms with E-state index in [1.54, 1.807) is 6.33 Å². The lowest BCUT2D eigenvalue weighted by Gasteiger charge is -2.30. The van der Waals surface area contributed by atoms with Crippen LogP contribution in [0.3, 0.4) is 0 Å². The van der Waals surface area contributed by atoms with Gasteiger partial charge in [0.15, 0.2) is 5.82 Å². The van der Waals surface area contributed by atoms with Crippen molar-refractivity contribution in [3.63, 3.8) is 0 Å². The van der Waals surface area contributed by atoms with Crippen molar-refractivity contribution in [2.24, 2.45) is 0 Å². The molecule has 8 heteroatoms. The lowest BCUT2D eigenvalue weighted by atomic mass is 10.1. The number of aromatic nitrogens is 4. The topological polar surface area (TPSA) is 76.2 Å². The lowest BCUT2D eigenvalue weighted by molar-refractivity contribution is 0.221. The Morgan fingerprint density at radius 1 is 1.03 bits per heavy atom. The molecule has 2 aromatic heterocycles. The van der Waals surface area contributed by atoms with Gasteiger partial charge in [0.25, 0.3) is 0 Å². The Morgan fingerprint density at radius 2 is 1.84 bits per heavy atom. The number of hydrogen-bond donors (Lipinski definition) is 2. The number of aromatic amines is 1. The van der Waals surface area contributed by atoms with Crippen molar-refractivity contribution in [3.05, 3.63) is 53.7 Å².